The second-order valence-corrected chi connectivity index (χ2v) is 3.54. The van der Waals surface area contributed by atoms with Gasteiger partial charge in [0.1, 0.15) is 11.5 Å². The average Bonchev–Trinajstić information content (AvgIpc) is 2.28. The fourth-order valence-corrected chi connectivity index (χ4v) is 1.76. The van der Waals surface area contributed by atoms with Crippen LogP contribution in [-0.4, -0.2) is 19.2 Å². The van der Waals surface area contributed by atoms with E-state index in [1.165, 1.54) is 0 Å². The van der Waals surface area contributed by atoms with Crippen LogP contribution in [0, 0.1) is 6.92 Å². The van der Waals surface area contributed by atoms with Crippen molar-refractivity contribution in [3.8, 4) is 11.5 Å². The number of hydrogen-bond acceptors (Lipinski definition) is 4. The first-order chi connectivity index (χ1) is 7.67. The van der Waals surface area contributed by atoms with Crippen LogP contribution in [0.25, 0.3) is 10.9 Å². The lowest BCUT2D eigenvalue weighted by atomic mass is 10.1. The SMILES string of the molecule is COc1ccc2nc(C)cc(OC)c2c1N. The molecule has 1 heterocycles. The van der Waals surface area contributed by atoms with E-state index in [0.29, 0.717) is 11.4 Å². The predicted molar refractivity (Wildman–Crippen MR) is 64.0 cm³/mol. The monoisotopic (exact) mass is 218 g/mol. The Morgan fingerprint density at radius 3 is 2.44 bits per heavy atom. The molecule has 0 aliphatic rings. The van der Waals surface area contributed by atoms with Crippen molar-refractivity contribution >= 4 is 16.6 Å². The number of pyridine rings is 1. The number of aromatic nitrogens is 1. The fraction of sp³-hybridized carbons (Fsp3) is 0.250. The summed E-state index contributed by atoms with van der Waals surface area (Å²) in [5.41, 5.74) is 8.28. The summed E-state index contributed by atoms with van der Waals surface area (Å²) in [4.78, 5) is 4.40. The number of nitrogen functional groups attached to an aromatic ring is 1. The molecule has 0 radical (unpaired) electrons. The largest absolute Gasteiger partial charge is 0.496 e. The third kappa shape index (κ3) is 1.52. The zero-order valence-electron chi connectivity index (χ0n) is 9.57. The van der Waals surface area contributed by atoms with E-state index in [9.17, 15) is 0 Å². The summed E-state index contributed by atoms with van der Waals surface area (Å²) in [6.07, 6.45) is 0. The summed E-state index contributed by atoms with van der Waals surface area (Å²) >= 11 is 0. The van der Waals surface area contributed by atoms with Crippen molar-refractivity contribution in [2.45, 2.75) is 6.92 Å². The first kappa shape index (κ1) is 10.5. The Hall–Kier alpha value is -1.97. The predicted octanol–water partition coefficient (Wildman–Crippen LogP) is 2.14. The van der Waals surface area contributed by atoms with Crippen molar-refractivity contribution in [1.82, 2.24) is 4.98 Å². The van der Waals surface area contributed by atoms with E-state index >= 15 is 0 Å². The van der Waals surface area contributed by atoms with Crippen molar-refractivity contribution in [3.63, 3.8) is 0 Å². The van der Waals surface area contributed by atoms with Crippen LogP contribution in [0.3, 0.4) is 0 Å². The molecule has 4 heteroatoms. The van der Waals surface area contributed by atoms with Crippen LogP contribution in [0.4, 0.5) is 5.69 Å². The lowest BCUT2D eigenvalue weighted by molar-refractivity contribution is 0.413. The molecule has 4 nitrogen and oxygen atoms in total. The third-order valence-electron chi connectivity index (χ3n) is 2.51. The number of aryl methyl sites for hydroxylation is 1. The van der Waals surface area contributed by atoms with Gasteiger partial charge in [-0.3, -0.25) is 4.98 Å². The zero-order chi connectivity index (χ0) is 11.7. The summed E-state index contributed by atoms with van der Waals surface area (Å²) in [5, 5.41) is 0.799. The van der Waals surface area contributed by atoms with Gasteiger partial charge in [-0.25, -0.2) is 0 Å². The molecule has 0 fully saturated rings. The van der Waals surface area contributed by atoms with Gasteiger partial charge >= 0.3 is 0 Å². The highest BCUT2D eigenvalue weighted by molar-refractivity contribution is 5.98. The lowest BCUT2D eigenvalue weighted by Gasteiger charge is -2.11. The second-order valence-electron chi connectivity index (χ2n) is 3.54. The minimum Gasteiger partial charge on any atom is -0.496 e. The molecule has 0 atom stereocenters. The number of fused-ring (bicyclic) bond motifs is 1. The van der Waals surface area contributed by atoms with Gasteiger partial charge in [-0.1, -0.05) is 0 Å². The van der Waals surface area contributed by atoms with Crippen molar-refractivity contribution in [2.75, 3.05) is 20.0 Å². The number of anilines is 1. The second kappa shape index (κ2) is 3.89. The van der Waals surface area contributed by atoms with E-state index in [4.69, 9.17) is 15.2 Å². The van der Waals surface area contributed by atoms with Crippen LogP contribution in [-0.2, 0) is 0 Å². The van der Waals surface area contributed by atoms with E-state index in [-0.39, 0.29) is 0 Å². The zero-order valence-corrected chi connectivity index (χ0v) is 9.57. The highest BCUT2D eigenvalue weighted by atomic mass is 16.5. The Kier molecular flexibility index (Phi) is 2.56. The highest BCUT2D eigenvalue weighted by Gasteiger charge is 2.11. The summed E-state index contributed by atoms with van der Waals surface area (Å²) < 4.78 is 10.5. The number of benzene rings is 1. The maximum absolute atomic E-state index is 6.01. The number of methoxy groups -OCH3 is 2. The van der Waals surface area contributed by atoms with Gasteiger partial charge in [0.25, 0.3) is 0 Å². The molecular formula is C12H14N2O2. The average molecular weight is 218 g/mol. The third-order valence-corrected chi connectivity index (χ3v) is 2.51. The first-order valence-electron chi connectivity index (χ1n) is 4.95. The molecule has 2 aromatic rings. The van der Waals surface area contributed by atoms with Crippen LogP contribution >= 0.6 is 0 Å². The van der Waals surface area contributed by atoms with Crippen molar-refractivity contribution in [1.29, 1.82) is 0 Å². The van der Waals surface area contributed by atoms with Crippen molar-refractivity contribution in [2.24, 2.45) is 0 Å². The van der Waals surface area contributed by atoms with E-state index in [1.54, 1.807) is 14.2 Å². The van der Waals surface area contributed by atoms with Gasteiger partial charge in [0.05, 0.1) is 30.8 Å². The molecule has 0 spiro atoms. The molecule has 0 aliphatic heterocycles. The van der Waals surface area contributed by atoms with Crippen LogP contribution in [0.15, 0.2) is 18.2 Å². The Balaban J connectivity index is 2.85. The van der Waals surface area contributed by atoms with Gasteiger partial charge in [0.15, 0.2) is 0 Å². The molecule has 1 aromatic carbocycles. The van der Waals surface area contributed by atoms with Gasteiger partial charge in [-0.15, -0.1) is 0 Å². The molecule has 16 heavy (non-hydrogen) atoms. The van der Waals surface area contributed by atoms with Gasteiger partial charge in [-0.2, -0.15) is 0 Å². The standard InChI is InChI=1S/C12H14N2O2/c1-7-6-10(16-3)11-8(14-7)4-5-9(15-2)12(11)13/h4-6H,13H2,1-3H3. The maximum Gasteiger partial charge on any atom is 0.142 e. The minimum atomic E-state index is 0.560. The number of hydrogen-bond donors (Lipinski definition) is 1. The number of rotatable bonds is 2. The van der Waals surface area contributed by atoms with Crippen LogP contribution in [0.2, 0.25) is 0 Å². The minimum absolute atomic E-state index is 0.560. The van der Waals surface area contributed by atoms with Crippen molar-refractivity contribution in [3.05, 3.63) is 23.9 Å². The Morgan fingerprint density at radius 1 is 1.12 bits per heavy atom. The highest BCUT2D eigenvalue weighted by Crippen LogP contribution is 2.36. The lowest BCUT2D eigenvalue weighted by Crippen LogP contribution is -1.97. The number of nitrogens with two attached hydrogens (primary N) is 1. The van der Waals surface area contributed by atoms with Crippen LogP contribution in [0.5, 0.6) is 11.5 Å². The molecule has 0 aliphatic carbocycles. The van der Waals surface area contributed by atoms with Gasteiger partial charge in [-0.05, 0) is 19.1 Å². The number of nitrogens with zero attached hydrogens (tertiary/aromatic N) is 1. The van der Waals surface area contributed by atoms with Crippen molar-refractivity contribution < 1.29 is 9.47 Å². The Labute approximate surface area is 94.0 Å². The molecule has 84 valence electrons. The summed E-state index contributed by atoms with van der Waals surface area (Å²) in [6, 6.07) is 5.54. The molecule has 1 aromatic heterocycles. The Morgan fingerprint density at radius 2 is 1.81 bits per heavy atom. The van der Waals surface area contributed by atoms with Gasteiger partial charge in [0, 0.05) is 11.8 Å². The quantitative estimate of drug-likeness (QED) is 0.784. The summed E-state index contributed by atoms with van der Waals surface area (Å²) in [7, 11) is 3.21. The first-order valence-corrected chi connectivity index (χ1v) is 4.95. The van der Waals surface area contributed by atoms with E-state index < -0.39 is 0 Å². The van der Waals surface area contributed by atoms with Gasteiger partial charge in [0.2, 0.25) is 0 Å². The molecule has 0 saturated heterocycles. The molecule has 0 unspecified atom stereocenters. The molecule has 0 bridgehead atoms. The van der Waals surface area contributed by atoms with Crippen LogP contribution < -0.4 is 15.2 Å². The molecule has 2 N–H and O–H groups in total. The molecule has 2 rings (SSSR count). The van der Waals surface area contributed by atoms with E-state index in [2.05, 4.69) is 4.98 Å². The smallest absolute Gasteiger partial charge is 0.142 e. The normalized spacial score (nSPS) is 10.4. The van der Waals surface area contributed by atoms with E-state index in [1.807, 2.05) is 25.1 Å². The summed E-state index contributed by atoms with van der Waals surface area (Å²) in [5.74, 6) is 1.36. The topological polar surface area (TPSA) is 57.4 Å². The molecule has 0 amide bonds. The maximum atomic E-state index is 6.01. The molecule has 0 saturated carbocycles. The van der Waals surface area contributed by atoms with Gasteiger partial charge < -0.3 is 15.2 Å². The molecular weight excluding hydrogens is 204 g/mol. The van der Waals surface area contributed by atoms with E-state index in [0.717, 1.165) is 22.3 Å². The number of ether oxygens (including phenoxy) is 2. The summed E-state index contributed by atoms with van der Waals surface area (Å²) in [6.45, 7) is 1.92. The van der Waals surface area contributed by atoms with Crippen LogP contribution in [0.1, 0.15) is 5.69 Å². The Bertz CT molecular complexity index is 538. The fourth-order valence-electron chi connectivity index (χ4n) is 1.76.